The Hall–Kier alpha value is -2.71. The molecule has 7 nitrogen and oxygen atoms in total. The maximum atomic E-state index is 12.4. The minimum Gasteiger partial charge on any atom is -0.326 e. The molecule has 8 heteroatoms. The van der Waals surface area contributed by atoms with Gasteiger partial charge in [-0.3, -0.25) is 9.59 Å². The fourth-order valence-electron chi connectivity index (χ4n) is 3.35. The van der Waals surface area contributed by atoms with Crippen molar-refractivity contribution in [2.45, 2.75) is 38.0 Å². The van der Waals surface area contributed by atoms with Crippen LogP contribution in [0.2, 0.25) is 0 Å². The van der Waals surface area contributed by atoms with Crippen LogP contribution in [0.5, 0.6) is 0 Å². The third-order valence-electron chi connectivity index (χ3n) is 4.80. The van der Waals surface area contributed by atoms with Crippen LogP contribution in [0.4, 0.5) is 11.4 Å². The molecule has 0 aromatic heterocycles. The zero-order valence-electron chi connectivity index (χ0n) is 16.6. The summed E-state index contributed by atoms with van der Waals surface area (Å²) in [6, 6.07) is 12.2. The van der Waals surface area contributed by atoms with Crippen LogP contribution >= 0.6 is 0 Å². The maximum absolute atomic E-state index is 12.4. The molecule has 0 unspecified atom stereocenters. The Morgan fingerprint density at radius 3 is 2.45 bits per heavy atom. The van der Waals surface area contributed by atoms with Gasteiger partial charge in [0.2, 0.25) is 21.8 Å². The molecular formula is C21H25N3O4S. The first-order valence-corrected chi connectivity index (χ1v) is 11.0. The van der Waals surface area contributed by atoms with E-state index in [9.17, 15) is 18.0 Å². The molecule has 1 fully saturated rings. The molecule has 1 heterocycles. The fourth-order valence-corrected chi connectivity index (χ4v) is 4.60. The van der Waals surface area contributed by atoms with E-state index < -0.39 is 10.0 Å². The van der Waals surface area contributed by atoms with Gasteiger partial charge in [0.25, 0.3) is 0 Å². The highest BCUT2D eigenvalue weighted by Crippen LogP contribution is 2.23. The van der Waals surface area contributed by atoms with Crippen molar-refractivity contribution in [3.8, 4) is 0 Å². The molecule has 2 N–H and O–H groups in total. The van der Waals surface area contributed by atoms with Gasteiger partial charge in [-0.1, -0.05) is 17.7 Å². The number of nitrogens with one attached hydrogen (secondary N) is 2. The number of rotatable bonds is 7. The molecule has 3 rings (SSSR count). The van der Waals surface area contributed by atoms with Crippen molar-refractivity contribution in [1.82, 2.24) is 4.72 Å². The van der Waals surface area contributed by atoms with Crippen molar-refractivity contribution in [2.75, 3.05) is 23.3 Å². The van der Waals surface area contributed by atoms with Gasteiger partial charge in [0.05, 0.1) is 4.90 Å². The summed E-state index contributed by atoms with van der Waals surface area (Å²) in [4.78, 5) is 25.9. The van der Waals surface area contributed by atoms with Crippen LogP contribution in [0.15, 0.2) is 47.4 Å². The van der Waals surface area contributed by atoms with Crippen LogP contribution in [0.1, 0.15) is 30.4 Å². The molecule has 0 saturated carbocycles. The van der Waals surface area contributed by atoms with E-state index in [2.05, 4.69) is 10.0 Å². The summed E-state index contributed by atoms with van der Waals surface area (Å²) in [5.41, 5.74) is 3.06. The number of anilines is 2. The van der Waals surface area contributed by atoms with Crippen molar-refractivity contribution in [1.29, 1.82) is 0 Å². The molecule has 2 amide bonds. The van der Waals surface area contributed by atoms with Gasteiger partial charge in [0.15, 0.2) is 0 Å². The molecule has 0 atom stereocenters. The molecule has 0 aliphatic carbocycles. The Morgan fingerprint density at radius 2 is 1.83 bits per heavy atom. The second-order valence-corrected chi connectivity index (χ2v) is 8.90. The van der Waals surface area contributed by atoms with Crippen LogP contribution < -0.4 is 14.9 Å². The third kappa shape index (κ3) is 5.21. The van der Waals surface area contributed by atoms with E-state index in [1.54, 1.807) is 54.3 Å². The van der Waals surface area contributed by atoms with Crippen molar-refractivity contribution in [3.05, 3.63) is 53.6 Å². The summed E-state index contributed by atoms with van der Waals surface area (Å²) >= 11 is 0. The summed E-state index contributed by atoms with van der Waals surface area (Å²) < 4.78 is 27.3. The summed E-state index contributed by atoms with van der Waals surface area (Å²) in [6.07, 6.45) is 1.43. The number of carbonyl (C=O) groups is 2. The first-order chi connectivity index (χ1) is 13.8. The van der Waals surface area contributed by atoms with Gasteiger partial charge in [0, 0.05) is 37.3 Å². The van der Waals surface area contributed by atoms with Crippen LogP contribution in [0.25, 0.3) is 0 Å². The van der Waals surface area contributed by atoms with Gasteiger partial charge in [-0.05, 0) is 56.2 Å². The standard InChI is InChI=1S/C21H25N3O4S/c1-15-5-10-19(16(2)14-15)29(27,28)22-12-11-20(25)23-17-6-8-18(9-7-17)24-13-3-4-21(24)26/h5-10,14,22H,3-4,11-13H2,1-2H3,(H,23,25). The van der Waals surface area contributed by atoms with Crippen molar-refractivity contribution in [3.63, 3.8) is 0 Å². The quantitative estimate of drug-likeness (QED) is 0.727. The lowest BCUT2D eigenvalue weighted by atomic mass is 10.2. The molecule has 1 aliphatic rings. The van der Waals surface area contributed by atoms with Gasteiger partial charge in [-0.25, -0.2) is 13.1 Å². The van der Waals surface area contributed by atoms with Crippen LogP contribution in [0, 0.1) is 13.8 Å². The lowest BCUT2D eigenvalue weighted by molar-refractivity contribution is -0.117. The summed E-state index contributed by atoms with van der Waals surface area (Å²) in [5.74, 6) is -0.184. The Morgan fingerprint density at radius 1 is 1.10 bits per heavy atom. The smallest absolute Gasteiger partial charge is 0.240 e. The summed E-state index contributed by atoms with van der Waals surface area (Å²) in [5, 5.41) is 2.74. The highest BCUT2D eigenvalue weighted by Gasteiger charge is 2.21. The van der Waals surface area contributed by atoms with Crippen LogP contribution in [-0.4, -0.2) is 33.3 Å². The van der Waals surface area contributed by atoms with Gasteiger partial charge in [-0.15, -0.1) is 0 Å². The molecule has 1 aliphatic heterocycles. The van der Waals surface area contributed by atoms with Crippen molar-refractivity contribution < 1.29 is 18.0 Å². The molecule has 154 valence electrons. The molecular weight excluding hydrogens is 390 g/mol. The van der Waals surface area contributed by atoms with Crippen molar-refractivity contribution >= 4 is 33.2 Å². The Bertz CT molecular complexity index is 1020. The fraction of sp³-hybridized carbons (Fsp3) is 0.333. The number of sulfonamides is 1. The number of carbonyl (C=O) groups excluding carboxylic acids is 2. The van der Waals surface area contributed by atoms with E-state index in [0.717, 1.165) is 17.7 Å². The lowest BCUT2D eigenvalue weighted by Crippen LogP contribution is -2.28. The molecule has 2 aromatic rings. The number of amides is 2. The average molecular weight is 416 g/mol. The Labute approximate surface area is 171 Å². The highest BCUT2D eigenvalue weighted by atomic mass is 32.2. The van der Waals surface area contributed by atoms with E-state index in [0.29, 0.717) is 24.2 Å². The van der Waals surface area contributed by atoms with Gasteiger partial charge < -0.3 is 10.2 Å². The van der Waals surface area contributed by atoms with E-state index >= 15 is 0 Å². The number of nitrogens with zero attached hydrogens (tertiary/aromatic N) is 1. The predicted molar refractivity (Wildman–Crippen MR) is 112 cm³/mol. The minimum atomic E-state index is -3.66. The second-order valence-electron chi connectivity index (χ2n) is 7.16. The minimum absolute atomic E-state index is 0.00183. The van der Waals surface area contributed by atoms with Gasteiger partial charge in [0.1, 0.15) is 0 Å². The van der Waals surface area contributed by atoms with Crippen molar-refractivity contribution in [2.24, 2.45) is 0 Å². The maximum Gasteiger partial charge on any atom is 0.240 e. The monoisotopic (exact) mass is 415 g/mol. The lowest BCUT2D eigenvalue weighted by Gasteiger charge is -2.16. The largest absolute Gasteiger partial charge is 0.326 e. The zero-order chi connectivity index (χ0) is 21.0. The highest BCUT2D eigenvalue weighted by molar-refractivity contribution is 7.89. The molecule has 0 spiro atoms. The second kappa shape index (κ2) is 8.75. The van der Waals surface area contributed by atoms with E-state index in [1.807, 2.05) is 6.92 Å². The molecule has 1 saturated heterocycles. The molecule has 0 radical (unpaired) electrons. The van der Waals surface area contributed by atoms with E-state index in [1.165, 1.54) is 0 Å². The number of hydrogen-bond acceptors (Lipinski definition) is 4. The molecule has 2 aromatic carbocycles. The number of hydrogen-bond donors (Lipinski definition) is 2. The third-order valence-corrected chi connectivity index (χ3v) is 6.42. The Balaban J connectivity index is 1.51. The Kier molecular flexibility index (Phi) is 6.34. The topological polar surface area (TPSA) is 95.6 Å². The number of benzene rings is 2. The predicted octanol–water partition coefficient (Wildman–Crippen LogP) is 2.74. The molecule has 0 bridgehead atoms. The first kappa shape index (κ1) is 21.0. The van der Waals surface area contributed by atoms with E-state index in [-0.39, 0.29) is 29.7 Å². The summed E-state index contributed by atoms with van der Waals surface area (Å²) in [7, 11) is -3.66. The number of aryl methyl sites for hydroxylation is 2. The van der Waals surface area contributed by atoms with Crippen LogP contribution in [-0.2, 0) is 19.6 Å². The summed E-state index contributed by atoms with van der Waals surface area (Å²) in [6.45, 7) is 4.36. The SMILES string of the molecule is Cc1ccc(S(=O)(=O)NCCC(=O)Nc2ccc(N3CCCC3=O)cc2)c(C)c1. The molecule has 29 heavy (non-hydrogen) atoms. The van der Waals surface area contributed by atoms with E-state index in [4.69, 9.17) is 0 Å². The normalized spacial score (nSPS) is 14.3. The first-order valence-electron chi connectivity index (χ1n) is 9.53. The van der Waals surface area contributed by atoms with Gasteiger partial charge >= 0.3 is 0 Å². The van der Waals surface area contributed by atoms with Gasteiger partial charge in [-0.2, -0.15) is 0 Å². The van der Waals surface area contributed by atoms with Crippen LogP contribution in [0.3, 0.4) is 0 Å². The zero-order valence-corrected chi connectivity index (χ0v) is 17.4. The average Bonchev–Trinajstić information content (AvgIpc) is 3.08.